The second-order valence-corrected chi connectivity index (χ2v) is 34.8. The van der Waals surface area contributed by atoms with E-state index in [9.17, 15) is 43.2 Å². The maximum absolute atomic E-state index is 13.2. The molecule has 0 aliphatic rings. The van der Waals surface area contributed by atoms with Gasteiger partial charge in [-0.3, -0.25) is 37.3 Å². The molecule has 3 N–H and O–H groups in total. The monoisotopic (exact) mass is 1540 g/mol. The van der Waals surface area contributed by atoms with Crippen molar-refractivity contribution in [2.75, 3.05) is 39.6 Å². The third-order valence-corrected chi connectivity index (χ3v) is 22.1. The van der Waals surface area contributed by atoms with Gasteiger partial charge in [-0.15, -0.1) is 0 Å². The number of rotatable bonds is 85. The maximum Gasteiger partial charge on any atom is 0.472 e. The van der Waals surface area contributed by atoms with Gasteiger partial charge in [-0.25, -0.2) is 9.13 Å². The van der Waals surface area contributed by atoms with E-state index in [-0.39, 0.29) is 25.7 Å². The molecule has 0 rings (SSSR count). The van der Waals surface area contributed by atoms with Crippen molar-refractivity contribution in [2.45, 2.75) is 477 Å². The van der Waals surface area contributed by atoms with Gasteiger partial charge in [-0.05, 0) is 37.5 Å². The van der Waals surface area contributed by atoms with Gasteiger partial charge < -0.3 is 33.8 Å². The summed E-state index contributed by atoms with van der Waals surface area (Å²) in [7, 11) is -9.93. The van der Waals surface area contributed by atoms with Crippen LogP contribution in [0.3, 0.4) is 0 Å². The fraction of sp³-hybridized carbons (Fsp3) is 0.953. The van der Waals surface area contributed by atoms with Crippen molar-refractivity contribution in [3.05, 3.63) is 0 Å². The van der Waals surface area contributed by atoms with E-state index in [0.717, 1.165) is 102 Å². The quantitative estimate of drug-likeness (QED) is 0.0222. The van der Waals surface area contributed by atoms with Crippen LogP contribution in [0.25, 0.3) is 0 Å². The molecule has 0 saturated heterocycles. The number of esters is 4. The van der Waals surface area contributed by atoms with Gasteiger partial charge in [0, 0.05) is 25.7 Å². The molecule has 0 aromatic rings. The summed E-state index contributed by atoms with van der Waals surface area (Å²) in [5, 5.41) is 10.7. The van der Waals surface area contributed by atoms with Crippen LogP contribution in [-0.2, 0) is 65.4 Å². The van der Waals surface area contributed by atoms with Gasteiger partial charge >= 0.3 is 39.5 Å². The molecule has 0 fully saturated rings. The summed E-state index contributed by atoms with van der Waals surface area (Å²) in [5.41, 5.74) is 0. The Morgan fingerprint density at radius 1 is 0.257 bits per heavy atom. The van der Waals surface area contributed by atoms with E-state index in [1.54, 1.807) is 0 Å². The molecule has 17 nitrogen and oxygen atoms in total. The number of carbonyl (C=O) groups excluding carboxylic acids is 4. The summed E-state index contributed by atoms with van der Waals surface area (Å²) < 4.78 is 68.9. The molecule has 0 aromatic heterocycles. The lowest BCUT2D eigenvalue weighted by molar-refractivity contribution is -0.161. The van der Waals surface area contributed by atoms with Crippen LogP contribution in [0, 0.1) is 11.8 Å². The zero-order chi connectivity index (χ0) is 77.1. The van der Waals surface area contributed by atoms with Crippen molar-refractivity contribution in [2.24, 2.45) is 11.8 Å². The first kappa shape index (κ1) is 103. The Kier molecular flexibility index (Phi) is 76.0. The lowest BCUT2D eigenvalue weighted by atomic mass is 10.0. The summed E-state index contributed by atoms with van der Waals surface area (Å²) in [4.78, 5) is 73.2. The second kappa shape index (κ2) is 77.4. The fourth-order valence-electron chi connectivity index (χ4n) is 13.4. The zero-order valence-electron chi connectivity index (χ0n) is 69.0. The minimum Gasteiger partial charge on any atom is -0.462 e. The molecule has 105 heavy (non-hydrogen) atoms. The summed E-state index contributed by atoms with van der Waals surface area (Å²) in [6, 6.07) is 0. The molecule has 0 radical (unpaired) electrons. The highest BCUT2D eigenvalue weighted by atomic mass is 31.2. The number of aliphatic hydroxyl groups is 1. The van der Waals surface area contributed by atoms with Crippen molar-refractivity contribution < 1.29 is 80.2 Å². The van der Waals surface area contributed by atoms with Crippen LogP contribution < -0.4 is 0 Å². The summed E-state index contributed by atoms with van der Waals surface area (Å²) in [6.07, 6.45) is 69.5. The molecular formula is C86H168O17P2. The van der Waals surface area contributed by atoms with Crippen molar-refractivity contribution in [1.29, 1.82) is 0 Å². The topological polar surface area (TPSA) is 237 Å². The highest BCUT2D eigenvalue weighted by Gasteiger charge is 2.30. The lowest BCUT2D eigenvalue weighted by Crippen LogP contribution is -2.30. The molecule has 0 heterocycles. The van der Waals surface area contributed by atoms with Gasteiger partial charge in [0.05, 0.1) is 26.4 Å². The molecule has 0 spiro atoms. The van der Waals surface area contributed by atoms with Crippen LogP contribution in [-0.4, -0.2) is 96.7 Å². The summed E-state index contributed by atoms with van der Waals surface area (Å²) in [5.74, 6) is -0.545. The first-order valence-corrected chi connectivity index (χ1v) is 47.5. The number of carbonyl (C=O) groups is 4. The van der Waals surface area contributed by atoms with Gasteiger partial charge in [-0.1, -0.05) is 408 Å². The molecule has 19 heteroatoms. The Labute approximate surface area is 645 Å². The normalized spacial score (nSPS) is 13.8. The number of unbranched alkanes of at least 4 members (excludes halogenated alkanes) is 55. The molecule has 5 atom stereocenters. The van der Waals surface area contributed by atoms with Gasteiger partial charge in [-0.2, -0.15) is 0 Å². The van der Waals surface area contributed by atoms with E-state index >= 15 is 0 Å². The van der Waals surface area contributed by atoms with Crippen LogP contribution in [0.4, 0.5) is 0 Å². The van der Waals surface area contributed by atoms with Crippen LogP contribution in [0.2, 0.25) is 0 Å². The van der Waals surface area contributed by atoms with E-state index in [1.165, 1.54) is 276 Å². The number of ether oxygens (including phenoxy) is 4. The van der Waals surface area contributed by atoms with Gasteiger partial charge in [0.25, 0.3) is 0 Å². The minimum absolute atomic E-state index is 0.108. The highest BCUT2D eigenvalue weighted by molar-refractivity contribution is 7.47. The Hall–Kier alpha value is -1.94. The predicted octanol–water partition coefficient (Wildman–Crippen LogP) is 26.2. The molecule has 2 unspecified atom stereocenters. The molecule has 624 valence electrons. The lowest BCUT2D eigenvalue weighted by Gasteiger charge is -2.21. The Balaban J connectivity index is 5.23. The average molecular weight is 1540 g/mol. The van der Waals surface area contributed by atoms with Gasteiger partial charge in [0.2, 0.25) is 0 Å². The Morgan fingerprint density at radius 2 is 0.438 bits per heavy atom. The number of phosphoric ester groups is 2. The zero-order valence-corrected chi connectivity index (χ0v) is 70.8. The fourth-order valence-corrected chi connectivity index (χ4v) is 15.0. The third-order valence-electron chi connectivity index (χ3n) is 20.2. The maximum atomic E-state index is 13.2. The van der Waals surface area contributed by atoms with Crippen molar-refractivity contribution >= 4 is 39.5 Å². The number of hydrogen-bond acceptors (Lipinski definition) is 15. The first-order valence-electron chi connectivity index (χ1n) is 44.5. The average Bonchev–Trinajstić information content (AvgIpc) is 0.910. The Morgan fingerprint density at radius 3 is 0.648 bits per heavy atom. The molecule has 0 amide bonds. The summed E-state index contributed by atoms with van der Waals surface area (Å²) >= 11 is 0. The smallest absolute Gasteiger partial charge is 0.462 e. The van der Waals surface area contributed by atoms with Crippen LogP contribution in [0.1, 0.15) is 459 Å². The van der Waals surface area contributed by atoms with E-state index < -0.39 is 97.5 Å². The number of aliphatic hydroxyl groups excluding tert-OH is 1. The van der Waals surface area contributed by atoms with Crippen LogP contribution in [0.15, 0.2) is 0 Å². The van der Waals surface area contributed by atoms with Crippen molar-refractivity contribution in [3.63, 3.8) is 0 Å². The van der Waals surface area contributed by atoms with E-state index in [4.69, 9.17) is 37.0 Å². The number of phosphoric acid groups is 2. The molecular weight excluding hydrogens is 1370 g/mol. The molecule has 0 aliphatic heterocycles. The Bertz CT molecular complexity index is 2010. The number of hydrogen-bond donors (Lipinski definition) is 3. The van der Waals surface area contributed by atoms with Gasteiger partial charge in [0.1, 0.15) is 19.3 Å². The minimum atomic E-state index is -4.97. The highest BCUT2D eigenvalue weighted by Crippen LogP contribution is 2.45. The standard InChI is InChI=1S/C86H168O17P2/c1-7-9-11-13-15-17-19-21-22-23-24-25-26-27-32-36-40-46-53-59-65-71-86(91)102-81(74-96-83(88)68-62-56-50-44-38-35-31-29-28-30-34-37-42-48-54-60-66-78(3)4)76-100-104(92,93)98-72-80(87)73-99-105(94,95)101-77-82(75-97-84(89)69-63-57-51-47-41-43-49-55-61-67-79(5)6)103-85(90)70-64-58-52-45-39-33-20-18-16-14-12-10-8-2/h78-82,87H,7-77H2,1-6H3,(H,92,93)(H,94,95)/t80-,81-,82-/m1/s1. The molecule has 0 aliphatic carbocycles. The predicted molar refractivity (Wildman–Crippen MR) is 432 cm³/mol. The molecule has 0 aromatic carbocycles. The first-order chi connectivity index (χ1) is 50.9. The van der Waals surface area contributed by atoms with E-state index in [2.05, 4.69) is 41.5 Å². The van der Waals surface area contributed by atoms with E-state index in [1.807, 2.05) is 0 Å². The second-order valence-electron chi connectivity index (χ2n) is 31.9. The van der Waals surface area contributed by atoms with Gasteiger partial charge in [0.15, 0.2) is 12.2 Å². The molecule has 0 saturated carbocycles. The third kappa shape index (κ3) is 79.9. The largest absolute Gasteiger partial charge is 0.472 e. The summed E-state index contributed by atoms with van der Waals surface area (Å²) in [6.45, 7) is 9.68. The van der Waals surface area contributed by atoms with Crippen LogP contribution >= 0.6 is 15.6 Å². The molecule has 0 bridgehead atoms. The SMILES string of the molecule is CCCCCCCCCCCCCCCCCCCCCCCC(=O)O[C@H](COC(=O)CCCCCCCCCCCCCCCCCCC(C)C)COP(=O)(O)OC[C@@H](O)COP(=O)(O)OC[C@@H](COC(=O)CCCCCCCCCCCC(C)C)OC(=O)CCCCCCCCCCCCCCC. The van der Waals surface area contributed by atoms with Crippen molar-refractivity contribution in [1.82, 2.24) is 0 Å². The van der Waals surface area contributed by atoms with Crippen molar-refractivity contribution in [3.8, 4) is 0 Å². The van der Waals surface area contributed by atoms with Crippen LogP contribution in [0.5, 0.6) is 0 Å². The van der Waals surface area contributed by atoms with E-state index in [0.29, 0.717) is 25.7 Å².